The van der Waals surface area contributed by atoms with E-state index in [4.69, 9.17) is 4.74 Å². The summed E-state index contributed by atoms with van der Waals surface area (Å²) in [5.41, 5.74) is 4.36. The van der Waals surface area contributed by atoms with Crippen LogP contribution < -0.4 is 15.0 Å². The highest BCUT2D eigenvalue weighted by molar-refractivity contribution is 6.09. The summed E-state index contributed by atoms with van der Waals surface area (Å²) in [4.78, 5) is 32.7. The topological polar surface area (TPSA) is 65.1 Å². The number of hydrogen-bond donors (Lipinski definition) is 1. The van der Waals surface area contributed by atoms with E-state index in [1.165, 1.54) is 5.56 Å². The van der Waals surface area contributed by atoms with E-state index in [0.29, 0.717) is 24.4 Å². The first-order chi connectivity index (χ1) is 19.0. The molecule has 2 heterocycles. The zero-order valence-electron chi connectivity index (χ0n) is 22.7. The summed E-state index contributed by atoms with van der Waals surface area (Å²) in [5, 5.41) is 3.02. The Bertz CT molecular complexity index is 1330. The third kappa shape index (κ3) is 6.74. The van der Waals surface area contributed by atoms with Crippen molar-refractivity contribution < 1.29 is 14.3 Å². The smallest absolute Gasteiger partial charge is 0.294 e. The van der Waals surface area contributed by atoms with Gasteiger partial charge in [0.05, 0.1) is 12.2 Å². The van der Waals surface area contributed by atoms with Crippen molar-refractivity contribution in [2.24, 2.45) is 0 Å². The number of nitrogens with one attached hydrogen (secondary N) is 1. The summed E-state index contributed by atoms with van der Waals surface area (Å²) in [6, 6.07) is 23.0. The predicted octanol–water partition coefficient (Wildman–Crippen LogP) is 4.33. The molecule has 39 heavy (non-hydrogen) atoms. The van der Waals surface area contributed by atoms with Gasteiger partial charge in [0.2, 0.25) is 0 Å². The first-order valence-corrected chi connectivity index (χ1v) is 13.6. The van der Waals surface area contributed by atoms with Gasteiger partial charge in [0.1, 0.15) is 0 Å². The number of nitrogens with zero attached hydrogens (tertiary/aromatic N) is 3. The van der Waals surface area contributed by atoms with E-state index in [2.05, 4.69) is 22.2 Å². The molecule has 0 atom stereocenters. The van der Waals surface area contributed by atoms with Crippen LogP contribution in [-0.2, 0) is 11.3 Å². The molecular weight excluding hydrogens is 488 g/mol. The fourth-order valence-electron chi connectivity index (χ4n) is 4.86. The lowest BCUT2D eigenvalue weighted by atomic mass is 10.1. The highest BCUT2D eigenvalue weighted by Crippen LogP contribution is 2.36. The SMILES string of the molecule is Cc1ccc(CN2C(=O)/C(=C\c3ccc(C(=O)NCCCN4CCN(C)CC4)cc3)Oc3ccccc32)cc1. The largest absolute Gasteiger partial charge is 0.449 e. The fourth-order valence-corrected chi connectivity index (χ4v) is 4.86. The number of rotatable bonds is 8. The number of piperazine rings is 1. The summed E-state index contributed by atoms with van der Waals surface area (Å²) < 4.78 is 6.02. The van der Waals surface area contributed by atoms with Crippen molar-refractivity contribution in [3.05, 3.63) is 101 Å². The van der Waals surface area contributed by atoms with Gasteiger partial charge in [-0.1, -0.05) is 54.1 Å². The Morgan fingerprint density at radius 1 is 0.949 bits per heavy atom. The van der Waals surface area contributed by atoms with Gasteiger partial charge < -0.3 is 19.9 Å². The molecular formula is C32H36N4O3. The number of carbonyl (C=O) groups is 2. The molecule has 0 saturated carbocycles. The van der Waals surface area contributed by atoms with Gasteiger partial charge in [-0.05, 0) is 68.4 Å². The maximum Gasteiger partial charge on any atom is 0.294 e. The van der Waals surface area contributed by atoms with Gasteiger partial charge >= 0.3 is 0 Å². The van der Waals surface area contributed by atoms with E-state index in [1.54, 1.807) is 23.1 Å². The van der Waals surface area contributed by atoms with Crippen LogP contribution in [0, 0.1) is 6.92 Å². The second-order valence-corrected chi connectivity index (χ2v) is 10.3. The van der Waals surface area contributed by atoms with Gasteiger partial charge in [-0.25, -0.2) is 0 Å². The lowest BCUT2D eigenvalue weighted by Crippen LogP contribution is -2.45. The van der Waals surface area contributed by atoms with Gasteiger partial charge in [0, 0.05) is 38.3 Å². The molecule has 202 valence electrons. The van der Waals surface area contributed by atoms with E-state index in [1.807, 2.05) is 67.6 Å². The number of aryl methyl sites for hydroxylation is 1. The normalized spacial score (nSPS) is 17.1. The molecule has 0 aliphatic carbocycles. The molecule has 7 nitrogen and oxygen atoms in total. The van der Waals surface area contributed by atoms with Gasteiger partial charge in [0.15, 0.2) is 11.5 Å². The monoisotopic (exact) mass is 524 g/mol. The molecule has 1 saturated heterocycles. The second-order valence-electron chi connectivity index (χ2n) is 10.3. The average Bonchev–Trinajstić information content (AvgIpc) is 2.95. The Balaban J connectivity index is 1.21. The average molecular weight is 525 g/mol. The number of amides is 2. The zero-order chi connectivity index (χ0) is 27.2. The number of hydrogen-bond acceptors (Lipinski definition) is 5. The number of ether oxygens (including phenoxy) is 1. The number of fused-ring (bicyclic) bond motifs is 1. The highest BCUT2D eigenvalue weighted by atomic mass is 16.5. The molecule has 2 amide bonds. The van der Waals surface area contributed by atoms with Crippen molar-refractivity contribution in [2.45, 2.75) is 19.9 Å². The summed E-state index contributed by atoms with van der Waals surface area (Å²) >= 11 is 0. The molecule has 1 N–H and O–H groups in total. The maximum atomic E-state index is 13.5. The molecule has 0 radical (unpaired) electrons. The number of likely N-dealkylation sites (N-methyl/N-ethyl adjacent to an activating group) is 1. The van der Waals surface area contributed by atoms with E-state index in [-0.39, 0.29) is 17.6 Å². The lowest BCUT2D eigenvalue weighted by Gasteiger charge is -2.32. The molecule has 3 aromatic rings. The van der Waals surface area contributed by atoms with Crippen molar-refractivity contribution in [3.8, 4) is 5.75 Å². The fraction of sp³-hybridized carbons (Fsp3) is 0.312. The quantitative estimate of drug-likeness (QED) is 0.351. The molecule has 2 aliphatic heterocycles. The Morgan fingerprint density at radius 2 is 1.67 bits per heavy atom. The summed E-state index contributed by atoms with van der Waals surface area (Å²) in [7, 11) is 2.15. The minimum atomic E-state index is -0.198. The second kappa shape index (κ2) is 12.3. The number of para-hydroxylation sites is 2. The summed E-state index contributed by atoms with van der Waals surface area (Å²) in [6.45, 7) is 8.51. The van der Waals surface area contributed by atoms with Crippen LogP contribution in [0.1, 0.15) is 33.5 Å². The van der Waals surface area contributed by atoms with Crippen molar-refractivity contribution in [1.29, 1.82) is 0 Å². The number of carbonyl (C=O) groups excluding carboxylic acids is 2. The first kappa shape index (κ1) is 26.7. The molecule has 2 aliphatic rings. The van der Waals surface area contributed by atoms with Crippen LogP contribution in [-0.4, -0.2) is 67.9 Å². The molecule has 3 aromatic carbocycles. The van der Waals surface area contributed by atoms with Gasteiger partial charge in [-0.3, -0.25) is 14.5 Å². The molecule has 0 aromatic heterocycles. The van der Waals surface area contributed by atoms with E-state index < -0.39 is 0 Å². The lowest BCUT2D eigenvalue weighted by molar-refractivity contribution is -0.117. The molecule has 0 spiro atoms. The highest BCUT2D eigenvalue weighted by Gasteiger charge is 2.30. The Hall–Kier alpha value is -3.94. The number of anilines is 1. The summed E-state index contributed by atoms with van der Waals surface area (Å²) in [6.07, 6.45) is 2.66. The van der Waals surface area contributed by atoms with E-state index >= 15 is 0 Å². The molecule has 1 fully saturated rings. The van der Waals surface area contributed by atoms with Crippen LogP contribution in [0.15, 0.2) is 78.6 Å². The molecule has 7 heteroatoms. The first-order valence-electron chi connectivity index (χ1n) is 13.6. The van der Waals surface area contributed by atoms with Gasteiger partial charge in [-0.2, -0.15) is 0 Å². The van der Waals surface area contributed by atoms with Crippen molar-refractivity contribution in [1.82, 2.24) is 15.1 Å². The van der Waals surface area contributed by atoms with Crippen LogP contribution in [0.3, 0.4) is 0 Å². The van der Waals surface area contributed by atoms with Gasteiger partial charge in [0.25, 0.3) is 11.8 Å². The zero-order valence-corrected chi connectivity index (χ0v) is 22.7. The van der Waals surface area contributed by atoms with Crippen molar-refractivity contribution in [3.63, 3.8) is 0 Å². The van der Waals surface area contributed by atoms with Crippen molar-refractivity contribution >= 4 is 23.6 Å². The minimum absolute atomic E-state index is 0.0872. The number of benzene rings is 3. The third-order valence-corrected chi connectivity index (χ3v) is 7.30. The van der Waals surface area contributed by atoms with Crippen LogP contribution in [0.2, 0.25) is 0 Å². The van der Waals surface area contributed by atoms with E-state index in [9.17, 15) is 9.59 Å². The Kier molecular flexibility index (Phi) is 8.39. The van der Waals surface area contributed by atoms with Crippen LogP contribution in [0.25, 0.3) is 6.08 Å². The third-order valence-electron chi connectivity index (χ3n) is 7.30. The van der Waals surface area contributed by atoms with Crippen LogP contribution >= 0.6 is 0 Å². The minimum Gasteiger partial charge on any atom is -0.449 e. The van der Waals surface area contributed by atoms with Crippen LogP contribution in [0.5, 0.6) is 5.75 Å². The molecule has 0 unspecified atom stereocenters. The molecule has 0 bridgehead atoms. The Labute approximate surface area is 230 Å². The standard InChI is InChI=1S/C32H36N4O3/c1-24-8-10-26(11-9-24)23-36-28-6-3-4-7-29(28)39-30(32(36)38)22-25-12-14-27(15-13-25)31(37)33-16-5-17-35-20-18-34(2)19-21-35/h3-4,6-15,22H,5,16-21,23H2,1-2H3,(H,33,37)/b30-22+. The Morgan fingerprint density at radius 3 is 2.41 bits per heavy atom. The maximum absolute atomic E-state index is 13.5. The van der Waals surface area contributed by atoms with Gasteiger partial charge in [-0.15, -0.1) is 0 Å². The molecule has 5 rings (SSSR count). The van der Waals surface area contributed by atoms with Crippen molar-refractivity contribution in [2.75, 3.05) is 51.2 Å². The summed E-state index contributed by atoms with van der Waals surface area (Å²) in [5.74, 6) is 0.608. The predicted molar refractivity (Wildman–Crippen MR) is 155 cm³/mol. The van der Waals surface area contributed by atoms with Crippen LogP contribution in [0.4, 0.5) is 5.69 Å². The van der Waals surface area contributed by atoms with E-state index in [0.717, 1.165) is 56.0 Å².